The van der Waals surface area contributed by atoms with E-state index in [1.165, 1.54) is 0 Å². The van der Waals surface area contributed by atoms with Crippen molar-refractivity contribution in [3.05, 3.63) is 77.5 Å². The number of hydrogen-bond donors (Lipinski definition) is 1. The van der Waals surface area contributed by atoms with Crippen molar-refractivity contribution < 1.29 is 14.1 Å². The first-order valence-electron chi connectivity index (χ1n) is 8.93. The minimum absolute atomic E-state index is 0.123. The predicted molar refractivity (Wildman–Crippen MR) is 105 cm³/mol. The fraction of sp³-hybridized carbons (Fsp3) is 0.273. The number of benzene rings is 2. The fourth-order valence-corrected chi connectivity index (χ4v) is 2.50. The van der Waals surface area contributed by atoms with Crippen LogP contribution in [0, 0.1) is 0 Å². The van der Waals surface area contributed by atoms with E-state index >= 15 is 0 Å². The number of carbonyl (C=O) groups excluding carboxylic acids is 1. The molecule has 1 heterocycles. The van der Waals surface area contributed by atoms with Crippen molar-refractivity contribution in [1.82, 2.24) is 5.16 Å². The highest BCUT2D eigenvalue weighted by Crippen LogP contribution is 2.23. The zero-order chi connectivity index (χ0) is 19.3. The minimum atomic E-state index is -0.149. The van der Waals surface area contributed by atoms with Gasteiger partial charge in [-0.05, 0) is 23.3 Å². The number of anilines is 1. The third-order valence-electron chi connectivity index (χ3n) is 4.08. The number of amides is 1. The van der Waals surface area contributed by atoms with Crippen LogP contribution >= 0.6 is 0 Å². The Labute approximate surface area is 159 Å². The summed E-state index contributed by atoms with van der Waals surface area (Å²) in [5.74, 6) is 0.991. The topological polar surface area (TPSA) is 64.4 Å². The van der Waals surface area contributed by atoms with Crippen molar-refractivity contribution in [2.45, 2.75) is 39.2 Å². The maximum absolute atomic E-state index is 12.2. The van der Waals surface area contributed by atoms with Crippen LogP contribution in [0.2, 0.25) is 0 Å². The second kappa shape index (κ2) is 8.08. The molecule has 0 saturated carbocycles. The van der Waals surface area contributed by atoms with Crippen molar-refractivity contribution in [3.63, 3.8) is 0 Å². The molecule has 0 aliphatic rings. The van der Waals surface area contributed by atoms with E-state index in [0.29, 0.717) is 12.5 Å². The molecule has 3 rings (SSSR count). The molecule has 1 amide bonds. The summed E-state index contributed by atoms with van der Waals surface area (Å²) in [5.41, 5.74) is 2.69. The van der Waals surface area contributed by atoms with E-state index in [4.69, 9.17) is 9.26 Å². The van der Waals surface area contributed by atoms with Crippen LogP contribution in [0.5, 0.6) is 5.75 Å². The van der Waals surface area contributed by atoms with E-state index in [2.05, 4.69) is 10.5 Å². The van der Waals surface area contributed by atoms with Gasteiger partial charge in [-0.25, -0.2) is 0 Å². The number of carbonyl (C=O) groups is 1. The van der Waals surface area contributed by atoms with E-state index in [9.17, 15) is 4.79 Å². The van der Waals surface area contributed by atoms with E-state index in [0.717, 1.165) is 22.6 Å². The molecular weight excluding hydrogens is 340 g/mol. The van der Waals surface area contributed by atoms with Crippen molar-refractivity contribution in [2.24, 2.45) is 0 Å². The van der Waals surface area contributed by atoms with Gasteiger partial charge in [0.1, 0.15) is 12.4 Å². The Morgan fingerprint density at radius 3 is 2.37 bits per heavy atom. The monoisotopic (exact) mass is 364 g/mol. The highest BCUT2D eigenvalue weighted by Gasteiger charge is 2.19. The molecule has 0 fully saturated rings. The molecule has 0 bridgehead atoms. The van der Waals surface area contributed by atoms with E-state index in [-0.39, 0.29) is 17.7 Å². The van der Waals surface area contributed by atoms with Crippen LogP contribution < -0.4 is 10.1 Å². The van der Waals surface area contributed by atoms with Crippen LogP contribution in [0.25, 0.3) is 0 Å². The molecule has 0 saturated heterocycles. The van der Waals surface area contributed by atoms with Crippen LogP contribution in [-0.2, 0) is 23.2 Å². The predicted octanol–water partition coefficient (Wildman–Crippen LogP) is 4.73. The maximum atomic E-state index is 12.2. The number of rotatable bonds is 6. The van der Waals surface area contributed by atoms with Gasteiger partial charge in [-0.3, -0.25) is 10.1 Å². The Hall–Kier alpha value is -3.08. The summed E-state index contributed by atoms with van der Waals surface area (Å²) >= 11 is 0. The molecule has 1 N–H and O–H groups in total. The van der Waals surface area contributed by atoms with E-state index in [1.807, 2.05) is 75.4 Å². The minimum Gasteiger partial charge on any atom is -0.489 e. The Bertz CT molecular complexity index is 878. The Balaban J connectivity index is 1.51. The molecule has 5 heteroatoms. The molecule has 0 aliphatic carbocycles. The largest absolute Gasteiger partial charge is 0.489 e. The third kappa shape index (κ3) is 5.45. The lowest BCUT2D eigenvalue weighted by atomic mass is 9.92. The summed E-state index contributed by atoms with van der Waals surface area (Å²) in [4.78, 5) is 12.2. The van der Waals surface area contributed by atoms with Crippen LogP contribution in [0.3, 0.4) is 0 Å². The molecule has 1 aromatic heterocycles. The molecule has 3 aromatic rings. The second-order valence-corrected chi connectivity index (χ2v) is 7.47. The van der Waals surface area contributed by atoms with Crippen molar-refractivity contribution in [1.29, 1.82) is 0 Å². The van der Waals surface area contributed by atoms with Gasteiger partial charge in [0.25, 0.3) is 0 Å². The average Bonchev–Trinajstić information content (AvgIpc) is 3.11. The molecule has 0 unspecified atom stereocenters. The van der Waals surface area contributed by atoms with Crippen LogP contribution in [0.15, 0.2) is 65.2 Å². The van der Waals surface area contributed by atoms with Gasteiger partial charge in [0.15, 0.2) is 0 Å². The highest BCUT2D eigenvalue weighted by atomic mass is 16.5. The Morgan fingerprint density at radius 1 is 1.04 bits per heavy atom. The number of nitrogens with zero attached hydrogens (tertiary/aromatic N) is 1. The van der Waals surface area contributed by atoms with Gasteiger partial charge in [0.05, 0.1) is 12.1 Å². The molecule has 140 valence electrons. The van der Waals surface area contributed by atoms with Crippen molar-refractivity contribution in [2.75, 3.05) is 5.32 Å². The fourth-order valence-electron chi connectivity index (χ4n) is 2.50. The standard InChI is InChI=1S/C22H24N2O3/c1-22(2,3)19-14-21(27-24-19)23-20(25)13-16-9-11-18(12-10-16)26-15-17-7-5-4-6-8-17/h4-12,14H,13,15H2,1-3H3,(H,23,25). The van der Waals surface area contributed by atoms with Crippen LogP contribution in [-0.4, -0.2) is 11.1 Å². The number of ether oxygens (including phenoxy) is 1. The zero-order valence-corrected chi connectivity index (χ0v) is 15.9. The lowest BCUT2D eigenvalue weighted by Crippen LogP contribution is -2.14. The van der Waals surface area contributed by atoms with Crippen molar-refractivity contribution >= 4 is 11.8 Å². The summed E-state index contributed by atoms with van der Waals surface area (Å²) in [7, 11) is 0. The lowest BCUT2D eigenvalue weighted by molar-refractivity contribution is -0.115. The molecule has 27 heavy (non-hydrogen) atoms. The van der Waals surface area contributed by atoms with Gasteiger partial charge in [-0.15, -0.1) is 0 Å². The van der Waals surface area contributed by atoms with Crippen molar-refractivity contribution in [3.8, 4) is 5.75 Å². The van der Waals surface area contributed by atoms with Gasteiger partial charge in [-0.2, -0.15) is 0 Å². The lowest BCUT2D eigenvalue weighted by Gasteiger charge is -2.12. The second-order valence-electron chi connectivity index (χ2n) is 7.47. The molecular formula is C22H24N2O3. The summed E-state index contributed by atoms with van der Waals surface area (Å²) in [6.07, 6.45) is 0.254. The molecule has 0 aliphatic heterocycles. The van der Waals surface area contributed by atoms with Gasteiger partial charge in [0, 0.05) is 11.5 Å². The van der Waals surface area contributed by atoms with Gasteiger partial charge in [-0.1, -0.05) is 68.4 Å². The van der Waals surface area contributed by atoms with E-state index in [1.54, 1.807) is 6.07 Å². The third-order valence-corrected chi connectivity index (χ3v) is 4.08. The highest BCUT2D eigenvalue weighted by molar-refractivity contribution is 5.91. The van der Waals surface area contributed by atoms with E-state index < -0.39 is 0 Å². The first-order chi connectivity index (χ1) is 12.9. The smallest absolute Gasteiger partial charge is 0.231 e. The molecule has 0 spiro atoms. The van der Waals surface area contributed by atoms with Crippen LogP contribution in [0.4, 0.5) is 5.88 Å². The Morgan fingerprint density at radius 2 is 1.74 bits per heavy atom. The summed E-state index contributed by atoms with van der Waals surface area (Å²) in [6, 6.07) is 19.3. The molecule has 5 nitrogen and oxygen atoms in total. The summed E-state index contributed by atoms with van der Waals surface area (Å²) < 4.78 is 10.9. The quantitative estimate of drug-likeness (QED) is 0.687. The number of aromatic nitrogens is 1. The SMILES string of the molecule is CC(C)(C)c1cc(NC(=O)Cc2ccc(OCc3ccccc3)cc2)on1. The van der Waals surface area contributed by atoms with Gasteiger partial charge < -0.3 is 9.26 Å². The zero-order valence-electron chi connectivity index (χ0n) is 15.9. The first kappa shape index (κ1) is 18.7. The summed E-state index contributed by atoms with van der Waals surface area (Å²) in [6.45, 7) is 6.63. The average molecular weight is 364 g/mol. The van der Waals surface area contributed by atoms with Gasteiger partial charge >= 0.3 is 0 Å². The Kier molecular flexibility index (Phi) is 5.60. The normalized spacial score (nSPS) is 11.2. The maximum Gasteiger partial charge on any atom is 0.231 e. The number of nitrogens with one attached hydrogen (secondary N) is 1. The molecule has 0 radical (unpaired) electrons. The number of hydrogen-bond acceptors (Lipinski definition) is 4. The molecule has 0 atom stereocenters. The van der Waals surface area contributed by atoms with Crippen LogP contribution in [0.1, 0.15) is 37.6 Å². The summed E-state index contributed by atoms with van der Waals surface area (Å²) in [5, 5.41) is 6.74. The molecule has 2 aromatic carbocycles. The van der Waals surface area contributed by atoms with Gasteiger partial charge in [0.2, 0.25) is 11.8 Å². The first-order valence-corrected chi connectivity index (χ1v) is 8.93.